The zero-order chi connectivity index (χ0) is 29.5. The predicted molar refractivity (Wildman–Crippen MR) is 141 cm³/mol. The SMILES string of the molecule is COC(=O)C(CCCCNC(=O)CC/C(C)=C/CC1=C(C)C(=O)C(OC)=C(OC)C1=O)NC(=O)CNC(C)=O. The summed E-state index contributed by atoms with van der Waals surface area (Å²) in [5.74, 6) is -2.59. The Balaban J connectivity index is 2.46. The van der Waals surface area contributed by atoms with Crippen LogP contribution in [0.4, 0.5) is 0 Å². The molecule has 12 nitrogen and oxygen atoms in total. The minimum absolute atomic E-state index is 0.103. The van der Waals surface area contributed by atoms with E-state index in [1.165, 1.54) is 28.3 Å². The van der Waals surface area contributed by atoms with Gasteiger partial charge in [-0.15, -0.1) is 0 Å². The molecule has 1 atom stereocenters. The Morgan fingerprint density at radius 1 is 0.872 bits per heavy atom. The Morgan fingerprint density at radius 3 is 2.10 bits per heavy atom. The van der Waals surface area contributed by atoms with Gasteiger partial charge in [0.25, 0.3) is 0 Å². The van der Waals surface area contributed by atoms with Crippen molar-refractivity contribution in [3.8, 4) is 0 Å². The molecule has 0 fully saturated rings. The van der Waals surface area contributed by atoms with Crippen LogP contribution < -0.4 is 16.0 Å². The van der Waals surface area contributed by atoms with Crippen LogP contribution in [0.15, 0.2) is 34.3 Å². The molecule has 216 valence electrons. The number of rotatable bonds is 16. The number of allylic oxidation sites excluding steroid dienone is 4. The third kappa shape index (κ3) is 10.7. The molecule has 3 amide bonds. The van der Waals surface area contributed by atoms with Crippen molar-refractivity contribution in [3.63, 3.8) is 0 Å². The third-order valence-electron chi connectivity index (χ3n) is 6.06. The first kappa shape index (κ1) is 33.1. The summed E-state index contributed by atoms with van der Waals surface area (Å²) in [7, 11) is 3.84. The van der Waals surface area contributed by atoms with E-state index in [4.69, 9.17) is 14.2 Å². The summed E-state index contributed by atoms with van der Waals surface area (Å²) in [5, 5.41) is 7.70. The van der Waals surface area contributed by atoms with Crippen LogP contribution >= 0.6 is 0 Å². The lowest BCUT2D eigenvalue weighted by Gasteiger charge is -2.19. The normalized spacial score (nSPS) is 14.6. The van der Waals surface area contributed by atoms with E-state index in [1.54, 1.807) is 6.92 Å². The number of Topliss-reactive ketones (excluding diaryl/α,β-unsaturated/α-hetero) is 2. The monoisotopic (exact) mass is 549 g/mol. The van der Waals surface area contributed by atoms with E-state index in [1.807, 2.05) is 13.0 Å². The number of ether oxygens (including phenoxy) is 3. The van der Waals surface area contributed by atoms with Crippen LogP contribution in [0.3, 0.4) is 0 Å². The fourth-order valence-electron chi connectivity index (χ4n) is 3.76. The molecule has 0 spiro atoms. The molecule has 1 aliphatic rings. The largest absolute Gasteiger partial charge is 0.489 e. The van der Waals surface area contributed by atoms with Gasteiger partial charge in [0.1, 0.15) is 6.04 Å². The first-order valence-electron chi connectivity index (χ1n) is 12.6. The second kappa shape index (κ2) is 16.8. The first-order valence-corrected chi connectivity index (χ1v) is 12.6. The van der Waals surface area contributed by atoms with Crippen molar-refractivity contribution in [2.75, 3.05) is 34.4 Å². The summed E-state index contributed by atoms with van der Waals surface area (Å²) < 4.78 is 14.8. The maximum absolute atomic E-state index is 12.7. The van der Waals surface area contributed by atoms with Crippen LogP contribution in [0.5, 0.6) is 0 Å². The summed E-state index contributed by atoms with van der Waals surface area (Å²) in [4.78, 5) is 72.1. The van der Waals surface area contributed by atoms with Gasteiger partial charge in [0, 0.05) is 31.0 Å². The van der Waals surface area contributed by atoms with Crippen LogP contribution in [0.25, 0.3) is 0 Å². The number of carbonyl (C=O) groups is 6. The van der Waals surface area contributed by atoms with Crippen molar-refractivity contribution in [1.82, 2.24) is 16.0 Å². The number of hydrogen-bond acceptors (Lipinski definition) is 9. The standard InChI is InChI=1S/C27H39N3O9/c1-16(10-12-19-17(2)23(34)25(37-4)26(38-5)24(19)35)11-13-21(32)28-14-8-7-9-20(27(36)39-6)30-22(33)15-29-18(3)31/h10,20H,7-9,11-15H2,1-6H3,(H,28,32)(H,29,31)(H,30,33)/b16-10+. The van der Waals surface area contributed by atoms with Gasteiger partial charge in [-0.2, -0.15) is 0 Å². The van der Waals surface area contributed by atoms with Gasteiger partial charge in [-0.3, -0.25) is 24.0 Å². The number of hydrogen-bond donors (Lipinski definition) is 3. The van der Waals surface area contributed by atoms with Crippen LogP contribution in [-0.4, -0.2) is 75.7 Å². The molecule has 3 N–H and O–H groups in total. The van der Waals surface area contributed by atoms with Gasteiger partial charge in [-0.25, -0.2) is 4.79 Å². The van der Waals surface area contributed by atoms with E-state index in [0.29, 0.717) is 43.4 Å². The minimum atomic E-state index is -0.846. The van der Waals surface area contributed by atoms with Crippen molar-refractivity contribution in [1.29, 1.82) is 0 Å². The fourth-order valence-corrected chi connectivity index (χ4v) is 3.76. The Bertz CT molecular complexity index is 1060. The summed E-state index contributed by atoms with van der Waals surface area (Å²) in [6, 6.07) is -0.846. The number of esters is 1. The summed E-state index contributed by atoms with van der Waals surface area (Å²) >= 11 is 0. The molecule has 0 aromatic rings. The molecule has 0 heterocycles. The maximum Gasteiger partial charge on any atom is 0.328 e. The molecule has 12 heteroatoms. The molecule has 1 unspecified atom stereocenters. The van der Waals surface area contributed by atoms with Gasteiger partial charge >= 0.3 is 5.97 Å². The maximum atomic E-state index is 12.7. The predicted octanol–water partition coefficient (Wildman–Crippen LogP) is 1.16. The summed E-state index contributed by atoms with van der Waals surface area (Å²) in [5.41, 5.74) is 1.53. The summed E-state index contributed by atoms with van der Waals surface area (Å²) in [6.45, 7) is 4.86. The van der Waals surface area contributed by atoms with Crippen LogP contribution in [0, 0.1) is 0 Å². The van der Waals surface area contributed by atoms with E-state index in [2.05, 4.69) is 16.0 Å². The molecule has 0 saturated carbocycles. The van der Waals surface area contributed by atoms with Crippen molar-refractivity contribution in [3.05, 3.63) is 34.3 Å². The highest BCUT2D eigenvalue weighted by Crippen LogP contribution is 2.28. The zero-order valence-corrected chi connectivity index (χ0v) is 23.5. The van der Waals surface area contributed by atoms with Gasteiger partial charge in [0.15, 0.2) is 0 Å². The van der Waals surface area contributed by atoms with Gasteiger partial charge in [0.2, 0.25) is 40.8 Å². The smallest absolute Gasteiger partial charge is 0.328 e. The lowest BCUT2D eigenvalue weighted by molar-refractivity contribution is -0.145. The second-order valence-corrected chi connectivity index (χ2v) is 8.98. The Labute approximate surface area is 228 Å². The number of unbranched alkanes of at least 4 members (excludes halogenated alkanes) is 1. The van der Waals surface area contributed by atoms with Crippen molar-refractivity contribution < 1.29 is 43.0 Å². The van der Waals surface area contributed by atoms with Crippen molar-refractivity contribution >= 4 is 35.3 Å². The number of ketones is 2. The quantitative estimate of drug-likeness (QED) is 0.111. The highest BCUT2D eigenvalue weighted by molar-refractivity contribution is 6.23. The fraction of sp³-hybridized carbons (Fsp3) is 0.556. The average molecular weight is 550 g/mol. The van der Waals surface area contributed by atoms with E-state index in [-0.39, 0.29) is 48.5 Å². The van der Waals surface area contributed by atoms with E-state index in [0.717, 1.165) is 5.57 Å². The molecule has 0 aromatic carbocycles. The van der Waals surface area contributed by atoms with Crippen molar-refractivity contribution in [2.24, 2.45) is 0 Å². The van der Waals surface area contributed by atoms with E-state index < -0.39 is 23.7 Å². The highest BCUT2D eigenvalue weighted by Gasteiger charge is 2.34. The van der Waals surface area contributed by atoms with Gasteiger partial charge in [-0.1, -0.05) is 11.6 Å². The highest BCUT2D eigenvalue weighted by atomic mass is 16.5. The number of carbonyl (C=O) groups excluding carboxylic acids is 6. The molecule has 1 aliphatic carbocycles. The van der Waals surface area contributed by atoms with Crippen LogP contribution in [0.1, 0.15) is 59.3 Å². The number of methoxy groups -OCH3 is 3. The Hall–Kier alpha value is -3.96. The van der Waals surface area contributed by atoms with E-state index in [9.17, 15) is 28.8 Å². The van der Waals surface area contributed by atoms with E-state index >= 15 is 0 Å². The molecule has 0 aromatic heterocycles. The van der Waals surface area contributed by atoms with Crippen LogP contribution in [-0.2, 0) is 43.0 Å². The van der Waals surface area contributed by atoms with Gasteiger partial charge < -0.3 is 30.2 Å². The van der Waals surface area contributed by atoms with Gasteiger partial charge in [0.05, 0.1) is 27.9 Å². The average Bonchev–Trinajstić information content (AvgIpc) is 2.90. The summed E-state index contributed by atoms with van der Waals surface area (Å²) in [6.07, 6.45) is 4.21. The molecule has 0 bridgehead atoms. The lowest BCUT2D eigenvalue weighted by Crippen LogP contribution is -2.45. The van der Waals surface area contributed by atoms with Gasteiger partial charge in [-0.05, 0) is 46.0 Å². The molecule has 1 rings (SSSR count). The molecule has 39 heavy (non-hydrogen) atoms. The molecular formula is C27H39N3O9. The second-order valence-electron chi connectivity index (χ2n) is 8.98. The lowest BCUT2D eigenvalue weighted by atomic mass is 9.90. The minimum Gasteiger partial charge on any atom is -0.489 e. The zero-order valence-electron chi connectivity index (χ0n) is 23.5. The topological polar surface area (TPSA) is 166 Å². The Morgan fingerprint density at radius 2 is 1.51 bits per heavy atom. The first-order chi connectivity index (χ1) is 18.5. The molecular weight excluding hydrogens is 510 g/mol. The number of nitrogens with one attached hydrogen (secondary N) is 3. The number of amides is 3. The molecule has 0 radical (unpaired) electrons. The Kier molecular flexibility index (Phi) is 14.2. The van der Waals surface area contributed by atoms with Crippen molar-refractivity contribution in [2.45, 2.75) is 65.3 Å². The molecule has 0 aliphatic heterocycles. The third-order valence-corrected chi connectivity index (χ3v) is 6.06. The molecule has 0 saturated heterocycles. The van der Waals surface area contributed by atoms with Crippen LogP contribution in [0.2, 0.25) is 0 Å².